The Bertz CT molecular complexity index is 502. The first kappa shape index (κ1) is 12.3. The van der Waals surface area contributed by atoms with Crippen molar-refractivity contribution in [2.45, 2.75) is 32.4 Å². The van der Waals surface area contributed by atoms with Crippen LogP contribution >= 0.6 is 0 Å². The summed E-state index contributed by atoms with van der Waals surface area (Å²) >= 11 is 0. The second kappa shape index (κ2) is 5.09. The molecule has 1 aromatic carbocycles. The third kappa shape index (κ3) is 2.51. The number of carbonyl (C=O) groups is 1. The summed E-state index contributed by atoms with van der Waals surface area (Å²) in [6.45, 7) is 2.17. The van der Waals surface area contributed by atoms with Gasteiger partial charge in [0.15, 0.2) is 6.79 Å². The zero-order valence-corrected chi connectivity index (χ0v) is 10.9. The fourth-order valence-electron chi connectivity index (χ4n) is 2.68. The predicted molar refractivity (Wildman–Crippen MR) is 70.4 cm³/mol. The molecule has 1 fully saturated rings. The predicted octanol–water partition coefficient (Wildman–Crippen LogP) is 1.65. The van der Waals surface area contributed by atoms with E-state index in [1.807, 2.05) is 17.0 Å². The number of benzene rings is 1. The first-order valence-electron chi connectivity index (χ1n) is 6.63. The maximum Gasteiger partial charge on any atom is 0.222 e. The molecule has 0 aromatic heterocycles. The molecule has 1 amide bonds. The second-order valence-corrected chi connectivity index (χ2v) is 5.05. The number of nitrogen functional groups attached to an aromatic ring is 1. The summed E-state index contributed by atoms with van der Waals surface area (Å²) in [6.07, 6.45) is 2.71. The highest BCUT2D eigenvalue weighted by Crippen LogP contribution is 2.32. The summed E-state index contributed by atoms with van der Waals surface area (Å²) in [5.41, 5.74) is 8.54. The Kier molecular flexibility index (Phi) is 3.29. The van der Waals surface area contributed by atoms with Gasteiger partial charge in [0.25, 0.3) is 0 Å². The van der Waals surface area contributed by atoms with Crippen molar-refractivity contribution in [1.29, 1.82) is 0 Å². The highest BCUT2D eigenvalue weighted by Gasteiger charge is 2.22. The molecule has 2 aliphatic rings. The average molecular weight is 262 g/mol. The van der Waals surface area contributed by atoms with Crippen LogP contribution in [0.4, 0.5) is 5.69 Å². The normalized spacial score (nSPS) is 18.9. The molecule has 3 rings (SSSR count). The molecule has 0 aliphatic carbocycles. The molecule has 2 N–H and O–H groups in total. The number of likely N-dealkylation sites (tertiary alicyclic amines) is 1. The van der Waals surface area contributed by atoms with Gasteiger partial charge < -0.3 is 20.1 Å². The summed E-state index contributed by atoms with van der Waals surface area (Å²) < 4.78 is 10.8. The summed E-state index contributed by atoms with van der Waals surface area (Å²) in [7, 11) is 0. The van der Waals surface area contributed by atoms with Gasteiger partial charge in [-0.15, -0.1) is 0 Å². The van der Waals surface area contributed by atoms with Crippen LogP contribution in [0, 0.1) is 0 Å². The van der Waals surface area contributed by atoms with E-state index in [0.717, 1.165) is 36.3 Å². The van der Waals surface area contributed by atoms with Gasteiger partial charge in [-0.25, -0.2) is 0 Å². The second-order valence-electron chi connectivity index (χ2n) is 5.05. The van der Waals surface area contributed by atoms with Crippen LogP contribution in [-0.2, 0) is 22.7 Å². The number of hydrogen-bond acceptors (Lipinski definition) is 4. The molecule has 0 atom stereocenters. The van der Waals surface area contributed by atoms with E-state index in [0.29, 0.717) is 25.3 Å². The Balaban J connectivity index is 1.87. The minimum atomic E-state index is 0.217. The van der Waals surface area contributed by atoms with Crippen molar-refractivity contribution < 1.29 is 14.3 Å². The molecule has 0 saturated carbocycles. The van der Waals surface area contributed by atoms with E-state index in [4.69, 9.17) is 15.2 Å². The van der Waals surface area contributed by atoms with E-state index in [2.05, 4.69) is 0 Å². The molecule has 19 heavy (non-hydrogen) atoms. The largest absolute Gasteiger partial charge is 0.467 e. The number of hydrogen-bond donors (Lipinski definition) is 1. The molecule has 0 radical (unpaired) electrons. The lowest BCUT2D eigenvalue weighted by Crippen LogP contribution is -2.35. The van der Waals surface area contributed by atoms with Gasteiger partial charge in [0.2, 0.25) is 5.91 Å². The van der Waals surface area contributed by atoms with Crippen molar-refractivity contribution in [3.63, 3.8) is 0 Å². The van der Waals surface area contributed by atoms with E-state index in [1.54, 1.807) is 0 Å². The molecule has 102 valence electrons. The van der Waals surface area contributed by atoms with E-state index in [1.165, 1.54) is 0 Å². The third-order valence-electron chi connectivity index (χ3n) is 3.59. The maximum absolute atomic E-state index is 11.9. The van der Waals surface area contributed by atoms with E-state index >= 15 is 0 Å². The van der Waals surface area contributed by atoms with Gasteiger partial charge in [0.05, 0.1) is 6.61 Å². The van der Waals surface area contributed by atoms with Crippen molar-refractivity contribution in [2.75, 3.05) is 19.1 Å². The third-order valence-corrected chi connectivity index (χ3v) is 3.59. The van der Waals surface area contributed by atoms with Crippen LogP contribution in [0.2, 0.25) is 0 Å². The standard InChI is InChI=1S/C14H18N2O3/c15-12-5-10(7-16-4-2-1-3-13(16)17)14-11(6-12)8-18-9-19-14/h5-6H,1-4,7-9,15H2. The van der Waals surface area contributed by atoms with Gasteiger partial charge in [-0.05, 0) is 25.0 Å². The van der Waals surface area contributed by atoms with Crippen LogP contribution in [0.3, 0.4) is 0 Å². The molecule has 1 saturated heterocycles. The van der Waals surface area contributed by atoms with E-state index in [-0.39, 0.29) is 12.7 Å². The van der Waals surface area contributed by atoms with Crippen molar-refractivity contribution >= 4 is 11.6 Å². The molecule has 0 spiro atoms. The lowest BCUT2D eigenvalue weighted by molar-refractivity contribution is -0.133. The Morgan fingerprint density at radius 2 is 2.21 bits per heavy atom. The Morgan fingerprint density at radius 1 is 1.32 bits per heavy atom. The maximum atomic E-state index is 11.9. The molecule has 0 bridgehead atoms. The Labute approximate surface area is 112 Å². The molecular weight excluding hydrogens is 244 g/mol. The smallest absolute Gasteiger partial charge is 0.222 e. The highest BCUT2D eigenvalue weighted by atomic mass is 16.7. The number of ether oxygens (including phenoxy) is 2. The minimum Gasteiger partial charge on any atom is -0.467 e. The van der Waals surface area contributed by atoms with Crippen LogP contribution in [0.5, 0.6) is 5.75 Å². The first-order chi connectivity index (χ1) is 9.24. The zero-order chi connectivity index (χ0) is 13.2. The summed E-state index contributed by atoms with van der Waals surface area (Å²) in [5, 5.41) is 0. The fourth-order valence-corrected chi connectivity index (χ4v) is 2.68. The van der Waals surface area contributed by atoms with E-state index in [9.17, 15) is 4.79 Å². The average Bonchev–Trinajstić information content (AvgIpc) is 2.41. The molecule has 2 heterocycles. The van der Waals surface area contributed by atoms with Gasteiger partial charge in [0.1, 0.15) is 5.75 Å². The van der Waals surface area contributed by atoms with Crippen LogP contribution in [0.15, 0.2) is 12.1 Å². The molecular formula is C14H18N2O3. The number of piperidine rings is 1. The lowest BCUT2D eigenvalue weighted by Gasteiger charge is -2.29. The van der Waals surface area contributed by atoms with Crippen molar-refractivity contribution in [1.82, 2.24) is 4.90 Å². The van der Waals surface area contributed by atoms with Gasteiger partial charge >= 0.3 is 0 Å². The van der Waals surface area contributed by atoms with Crippen LogP contribution in [-0.4, -0.2) is 24.1 Å². The van der Waals surface area contributed by atoms with Crippen LogP contribution < -0.4 is 10.5 Å². The number of anilines is 1. The number of amides is 1. The highest BCUT2D eigenvalue weighted by molar-refractivity contribution is 5.77. The fraction of sp³-hybridized carbons (Fsp3) is 0.500. The van der Waals surface area contributed by atoms with Gasteiger partial charge in [0, 0.05) is 36.3 Å². The van der Waals surface area contributed by atoms with Crippen molar-refractivity contribution in [2.24, 2.45) is 0 Å². The van der Waals surface area contributed by atoms with Crippen LogP contribution in [0.25, 0.3) is 0 Å². The molecule has 5 heteroatoms. The molecule has 2 aliphatic heterocycles. The minimum absolute atomic E-state index is 0.217. The number of nitrogens with two attached hydrogens (primary N) is 1. The SMILES string of the molecule is Nc1cc2c(c(CN3CCCCC3=O)c1)OCOC2. The van der Waals surface area contributed by atoms with Crippen molar-refractivity contribution in [3.05, 3.63) is 23.3 Å². The Morgan fingerprint density at radius 3 is 3.05 bits per heavy atom. The molecule has 0 unspecified atom stereocenters. The quantitative estimate of drug-likeness (QED) is 0.823. The van der Waals surface area contributed by atoms with Gasteiger partial charge in [-0.3, -0.25) is 4.79 Å². The summed E-state index contributed by atoms with van der Waals surface area (Å²) in [5.74, 6) is 1.05. The zero-order valence-electron chi connectivity index (χ0n) is 10.9. The summed E-state index contributed by atoms with van der Waals surface area (Å²) in [6, 6.07) is 3.77. The van der Waals surface area contributed by atoms with Gasteiger partial charge in [-0.1, -0.05) is 0 Å². The number of nitrogens with zero attached hydrogens (tertiary/aromatic N) is 1. The monoisotopic (exact) mass is 262 g/mol. The number of rotatable bonds is 2. The van der Waals surface area contributed by atoms with Gasteiger partial charge in [-0.2, -0.15) is 0 Å². The molecule has 1 aromatic rings. The van der Waals surface area contributed by atoms with Crippen molar-refractivity contribution in [3.8, 4) is 5.75 Å². The lowest BCUT2D eigenvalue weighted by atomic mass is 10.0. The first-order valence-corrected chi connectivity index (χ1v) is 6.63. The summed E-state index contributed by atoms with van der Waals surface area (Å²) in [4.78, 5) is 13.8. The van der Waals surface area contributed by atoms with E-state index < -0.39 is 0 Å². The number of carbonyl (C=O) groups excluding carboxylic acids is 1. The molecule has 5 nitrogen and oxygen atoms in total. The number of fused-ring (bicyclic) bond motifs is 1. The Hall–Kier alpha value is -1.75. The van der Waals surface area contributed by atoms with Crippen LogP contribution in [0.1, 0.15) is 30.4 Å². The topological polar surface area (TPSA) is 64.8 Å².